The van der Waals surface area contributed by atoms with Gasteiger partial charge in [-0.25, -0.2) is 4.98 Å². The normalized spacial score (nSPS) is 17.9. The Morgan fingerprint density at radius 3 is 2.80 bits per heavy atom. The van der Waals surface area contributed by atoms with Crippen molar-refractivity contribution in [3.8, 4) is 0 Å². The first kappa shape index (κ1) is 13.7. The number of fused-ring (bicyclic) bond motifs is 1. The standard InChI is InChI=1S/C15H21ClN4/c1-11(9-19-7-2-3-8-19)10-20-13-6-4-5-12(16)14(13)18-15(20)17/h4-6,11H,2-3,7-10H2,1H3,(H2,17,18). The maximum Gasteiger partial charge on any atom is 0.201 e. The van der Waals surface area contributed by atoms with E-state index in [0.29, 0.717) is 16.9 Å². The van der Waals surface area contributed by atoms with E-state index in [2.05, 4.69) is 21.4 Å². The molecule has 1 aromatic heterocycles. The summed E-state index contributed by atoms with van der Waals surface area (Å²) in [7, 11) is 0. The Labute approximate surface area is 124 Å². The van der Waals surface area contributed by atoms with Crippen LogP contribution >= 0.6 is 11.6 Å². The van der Waals surface area contributed by atoms with Crippen LogP contribution in [0.25, 0.3) is 11.0 Å². The first-order valence-electron chi connectivity index (χ1n) is 7.27. The summed E-state index contributed by atoms with van der Waals surface area (Å²) in [6.07, 6.45) is 2.66. The first-order chi connectivity index (χ1) is 9.65. The molecule has 1 unspecified atom stereocenters. The van der Waals surface area contributed by atoms with E-state index in [0.717, 1.165) is 24.1 Å². The van der Waals surface area contributed by atoms with Crippen LogP contribution in [0.3, 0.4) is 0 Å². The topological polar surface area (TPSA) is 47.1 Å². The van der Waals surface area contributed by atoms with Crippen molar-refractivity contribution in [2.24, 2.45) is 5.92 Å². The van der Waals surface area contributed by atoms with Gasteiger partial charge in [-0.1, -0.05) is 24.6 Å². The van der Waals surface area contributed by atoms with Gasteiger partial charge in [0.05, 0.1) is 10.5 Å². The second kappa shape index (κ2) is 5.62. The number of aromatic nitrogens is 2. The number of nitrogens with two attached hydrogens (primary N) is 1. The summed E-state index contributed by atoms with van der Waals surface area (Å²) in [6.45, 7) is 6.75. The van der Waals surface area contributed by atoms with Crippen molar-refractivity contribution in [1.82, 2.24) is 14.5 Å². The monoisotopic (exact) mass is 292 g/mol. The van der Waals surface area contributed by atoms with E-state index in [9.17, 15) is 0 Å². The van der Waals surface area contributed by atoms with E-state index in [-0.39, 0.29) is 0 Å². The van der Waals surface area contributed by atoms with E-state index < -0.39 is 0 Å². The Morgan fingerprint density at radius 2 is 2.05 bits per heavy atom. The molecule has 108 valence electrons. The van der Waals surface area contributed by atoms with E-state index in [1.807, 2.05) is 18.2 Å². The first-order valence-corrected chi connectivity index (χ1v) is 7.65. The number of nitrogens with zero attached hydrogens (tertiary/aromatic N) is 3. The van der Waals surface area contributed by atoms with Crippen molar-refractivity contribution in [3.63, 3.8) is 0 Å². The Balaban J connectivity index is 1.79. The lowest BCUT2D eigenvalue weighted by atomic mass is 10.1. The molecule has 0 amide bonds. The molecular weight excluding hydrogens is 272 g/mol. The lowest BCUT2D eigenvalue weighted by molar-refractivity contribution is 0.273. The summed E-state index contributed by atoms with van der Waals surface area (Å²) < 4.78 is 2.09. The van der Waals surface area contributed by atoms with Crippen LogP contribution in [0.5, 0.6) is 0 Å². The van der Waals surface area contributed by atoms with Gasteiger partial charge in [0.1, 0.15) is 5.52 Å². The third-order valence-electron chi connectivity index (χ3n) is 4.02. The maximum absolute atomic E-state index is 6.18. The fourth-order valence-electron chi connectivity index (χ4n) is 3.10. The number of imidazole rings is 1. The molecule has 2 aromatic rings. The number of rotatable bonds is 4. The minimum Gasteiger partial charge on any atom is -0.369 e. The number of likely N-dealkylation sites (tertiary alicyclic amines) is 1. The van der Waals surface area contributed by atoms with Gasteiger partial charge in [0, 0.05) is 13.1 Å². The number of hydrogen-bond donors (Lipinski definition) is 1. The van der Waals surface area contributed by atoms with Gasteiger partial charge in [-0.2, -0.15) is 0 Å². The summed E-state index contributed by atoms with van der Waals surface area (Å²) in [5.74, 6) is 1.10. The zero-order valence-electron chi connectivity index (χ0n) is 11.8. The van der Waals surface area contributed by atoms with Gasteiger partial charge in [0.25, 0.3) is 0 Å². The molecule has 4 nitrogen and oxygen atoms in total. The molecule has 0 bridgehead atoms. The van der Waals surface area contributed by atoms with Gasteiger partial charge in [0.15, 0.2) is 0 Å². The number of nitrogen functional groups attached to an aromatic ring is 1. The molecule has 0 radical (unpaired) electrons. The SMILES string of the molecule is CC(CN1CCCC1)Cn1c(N)nc2c(Cl)cccc21. The molecule has 1 aliphatic rings. The minimum absolute atomic E-state index is 0.548. The number of halogens is 1. The summed E-state index contributed by atoms with van der Waals surface area (Å²) in [5.41, 5.74) is 7.89. The molecule has 1 fully saturated rings. The third-order valence-corrected chi connectivity index (χ3v) is 4.33. The van der Waals surface area contributed by atoms with Crippen LogP contribution in [0.2, 0.25) is 5.02 Å². The van der Waals surface area contributed by atoms with Gasteiger partial charge < -0.3 is 15.2 Å². The summed E-state index contributed by atoms with van der Waals surface area (Å²) in [5, 5.41) is 0.667. The molecule has 2 heterocycles. The van der Waals surface area contributed by atoms with Crippen molar-refractivity contribution in [2.75, 3.05) is 25.4 Å². The quantitative estimate of drug-likeness (QED) is 0.942. The second-order valence-electron chi connectivity index (χ2n) is 5.80. The molecule has 1 aliphatic heterocycles. The Morgan fingerprint density at radius 1 is 1.30 bits per heavy atom. The van der Waals surface area contributed by atoms with Gasteiger partial charge in [-0.15, -0.1) is 0 Å². The molecule has 1 saturated heterocycles. The maximum atomic E-state index is 6.18. The van der Waals surface area contributed by atoms with Crippen LogP contribution in [0.4, 0.5) is 5.95 Å². The molecule has 20 heavy (non-hydrogen) atoms. The molecule has 0 saturated carbocycles. The molecule has 0 aliphatic carbocycles. The van der Waals surface area contributed by atoms with E-state index in [1.54, 1.807) is 0 Å². The number of anilines is 1. The van der Waals surface area contributed by atoms with Crippen molar-refractivity contribution in [2.45, 2.75) is 26.3 Å². The highest BCUT2D eigenvalue weighted by Gasteiger charge is 2.17. The third kappa shape index (κ3) is 2.63. The molecule has 5 heteroatoms. The van der Waals surface area contributed by atoms with Crippen LogP contribution in [-0.2, 0) is 6.54 Å². The van der Waals surface area contributed by atoms with Crippen LogP contribution in [0.15, 0.2) is 18.2 Å². The second-order valence-corrected chi connectivity index (χ2v) is 6.21. The molecular formula is C15H21ClN4. The zero-order valence-corrected chi connectivity index (χ0v) is 12.6. The van der Waals surface area contributed by atoms with Gasteiger partial charge in [0.2, 0.25) is 5.95 Å². The van der Waals surface area contributed by atoms with Crippen molar-refractivity contribution in [1.29, 1.82) is 0 Å². The lowest BCUT2D eigenvalue weighted by Gasteiger charge is -2.21. The molecule has 1 aromatic carbocycles. The Bertz CT molecular complexity index is 601. The van der Waals surface area contributed by atoms with Gasteiger partial charge in [-0.05, 0) is 44.0 Å². The van der Waals surface area contributed by atoms with Crippen molar-refractivity contribution >= 4 is 28.6 Å². The average molecular weight is 293 g/mol. The molecule has 1 atom stereocenters. The molecule has 0 spiro atoms. The Kier molecular flexibility index (Phi) is 3.85. The van der Waals surface area contributed by atoms with Crippen LogP contribution < -0.4 is 5.73 Å². The lowest BCUT2D eigenvalue weighted by Crippen LogP contribution is -2.27. The van der Waals surface area contributed by atoms with Gasteiger partial charge in [-0.3, -0.25) is 0 Å². The zero-order chi connectivity index (χ0) is 14.1. The highest BCUT2D eigenvalue weighted by Crippen LogP contribution is 2.26. The summed E-state index contributed by atoms with van der Waals surface area (Å²) in [4.78, 5) is 6.93. The average Bonchev–Trinajstić information content (AvgIpc) is 3.01. The highest BCUT2D eigenvalue weighted by molar-refractivity contribution is 6.35. The number of benzene rings is 1. The summed E-state index contributed by atoms with van der Waals surface area (Å²) >= 11 is 6.18. The van der Waals surface area contributed by atoms with E-state index >= 15 is 0 Å². The van der Waals surface area contributed by atoms with Crippen LogP contribution in [-0.4, -0.2) is 34.1 Å². The minimum atomic E-state index is 0.548. The van der Waals surface area contributed by atoms with Crippen LogP contribution in [0, 0.1) is 5.92 Å². The fraction of sp³-hybridized carbons (Fsp3) is 0.533. The fourth-order valence-corrected chi connectivity index (χ4v) is 3.31. The smallest absolute Gasteiger partial charge is 0.201 e. The predicted octanol–water partition coefficient (Wildman–Crippen LogP) is 3.00. The summed E-state index contributed by atoms with van der Waals surface area (Å²) in [6, 6.07) is 5.84. The molecule has 3 rings (SSSR count). The number of para-hydroxylation sites is 1. The predicted molar refractivity (Wildman–Crippen MR) is 84.0 cm³/mol. The largest absolute Gasteiger partial charge is 0.369 e. The Hall–Kier alpha value is -1.26. The number of hydrogen-bond acceptors (Lipinski definition) is 3. The van der Waals surface area contributed by atoms with E-state index in [1.165, 1.54) is 25.9 Å². The van der Waals surface area contributed by atoms with Crippen molar-refractivity contribution in [3.05, 3.63) is 23.2 Å². The van der Waals surface area contributed by atoms with Crippen molar-refractivity contribution < 1.29 is 0 Å². The van der Waals surface area contributed by atoms with Gasteiger partial charge >= 0.3 is 0 Å². The van der Waals surface area contributed by atoms with Crippen LogP contribution in [0.1, 0.15) is 19.8 Å². The highest BCUT2D eigenvalue weighted by atomic mass is 35.5. The van der Waals surface area contributed by atoms with E-state index in [4.69, 9.17) is 17.3 Å². The molecule has 2 N–H and O–H groups in total.